The fourth-order valence-electron chi connectivity index (χ4n) is 2.15. The van der Waals surface area contributed by atoms with Gasteiger partial charge in [0, 0.05) is 11.4 Å². The van der Waals surface area contributed by atoms with Crippen LogP contribution in [0.3, 0.4) is 0 Å². The van der Waals surface area contributed by atoms with Gasteiger partial charge in [-0.15, -0.1) is 0 Å². The molecule has 0 bridgehead atoms. The molecule has 0 atom stereocenters. The maximum atomic E-state index is 10.6. The minimum Gasteiger partial charge on any atom is -0.664 e. The molecule has 1 rings (SSSR count). The van der Waals surface area contributed by atoms with E-state index in [1.54, 1.807) is 0 Å². The van der Waals surface area contributed by atoms with E-state index in [2.05, 4.69) is 11.5 Å². The molecule has 80 valence electrons. The maximum absolute atomic E-state index is 10.6. The first kappa shape index (κ1) is 11.0. The molecule has 0 saturated heterocycles. The number of carboxylic acids is 1. The van der Waals surface area contributed by atoms with Crippen LogP contribution in [-0.2, 0) is 9.68 Å². The van der Waals surface area contributed by atoms with Crippen LogP contribution >= 0.6 is 0 Å². The van der Waals surface area contributed by atoms with E-state index < -0.39 is 11.4 Å². The smallest absolute Gasteiger partial charge is 0.0864 e. The van der Waals surface area contributed by atoms with E-state index in [1.165, 1.54) is 0 Å². The van der Waals surface area contributed by atoms with Crippen molar-refractivity contribution in [1.82, 2.24) is 0 Å². The van der Waals surface area contributed by atoms with Gasteiger partial charge >= 0.3 is 0 Å². The summed E-state index contributed by atoms with van der Waals surface area (Å²) in [5, 5.41) is 20.9. The van der Waals surface area contributed by atoms with E-state index in [-0.39, 0.29) is 12.2 Å². The molecule has 0 N–H and O–H groups in total. The molecule has 0 spiro atoms. The lowest BCUT2D eigenvalue weighted by molar-refractivity contribution is -0.675. The second-order valence-corrected chi connectivity index (χ2v) is 3.90. The van der Waals surface area contributed by atoms with E-state index in [0.717, 1.165) is 19.3 Å². The van der Waals surface area contributed by atoms with Gasteiger partial charge in [0.2, 0.25) is 0 Å². The molecule has 0 amide bonds. The van der Waals surface area contributed by atoms with Crippen molar-refractivity contribution in [2.45, 2.75) is 38.5 Å². The van der Waals surface area contributed by atoms with Crippen LogP contribution < -0.4 is 10.4 Å². The zero-order chi connectivity index (χ0) is 10.6. The molecule has 1 saturated carbocycles. The van der Waals surface area contributed by atoms with Crippen molar-refractivity contribution in [1.29, 1.82) is 0 Å². The highest BCUT2D eigenvalue weighted by molar-refractivity contribution is 5.66. The lowest BCUT2D eigenvalue weighted by atomic mass is 9.71. The Kier molecular flexibility index (Phi) is 3.52. The average molecular weight is 198 g/mol. The number of allylic oxidation sites excluding steroid dienone is 1. The predicted molar refractivity (Wildman–Crippen MR) is 45.4 cm³/mol. The number of hydrogen-bond donors (Lipinski definition) is 0. The zero-order valence-electron chi connectivity index (χ0n) is 8.08. The summed E-state index contributed by atoms with van der Waals surface area (Å²) in [6.07, 6.45) is 4.05. The van der Waals surface area contributed by atoms with Crippen LogP contribution in [0.2, 0.25) is 0 Å². The molecule has 0 aromatic carbocycles. The highest BCUT2D eigenvalue weighted by Crippen LogP contribution is 2.44. The van der Waals surface area contributed by atoms with Gasteiger partial charge in [-0.05, 0) is 19.3 Å². The van der Waals surface area contributed by atoms with Gasteiger partial charge in [0.05, 0.1) is 5.76 Å². The molecule has 14 heavy (non-hydrogen) atoms. The van der Waals surface area contributed by atoms with Crippen LogP contribution in [0.1, 0.15) is 38.5 Å². The van der Waals surface area contributed by atoms with Gasteiger partial charge in [0.1, 0.15) is 0 Å². The third-order valence-corrected chi connectivity index (χ3v) is 2.99. The van der Waals surface area contributed by atoms with Crippen molar-refractivity contribution in [2.75, 3.05) is 0 Å². The summed E-state index contributed by atoms with van der Waals surface area (Å²) in [5.41, 5.74) is -0.682. The van der Waals surface area contributed by atoms with Crippen molar-refractivity contribution in [3.63, 3.8) is 0 Å². The number of carbonyl (C=O) groups is 1. The fraction of sp³-hybridized carbons (Fsp3) is 0.700. The molecule has 1 aliphatic carbocycles. The Morgan fingerprint density at radius 3 is 2.36 bits per heavy atom. The molecule has 1 fully saturated rings. The standard InChI is InChI=1S/C10H16O4/c1-8(14-13)10(7-9(11)12)5-3-2-4-6-10/h13H,1-7H2,(H,11,12)/p-2. The van der Waals surface area contributed by atoms with Crippen LogP contribution in [0.4, 0.5) is 0 Å². The number of hydrogen-bond acceptors (Lipinski definition) is 4. The number of carboxylic acid groups (broad SMARTS) is 1. The van der Waals surface area contributed by atoms with E-state index in [1.807, 2.05) is 0 Å². The predicted octanol–water partition coefficient (Wildman–Crippen LogP) is -0.118. The average Bonchev–Trinajstić information content (AvgIpc) is 2.17. The van der Waals surface area contributed by atoms with E-state index >= 15 is 0 Å². The second kappa shape index (κ2) is 4.46. The van der Waals surface area contributed by atoms with Gasteiger partial charge < -0.3 is 20.0 Å². The zero-order valence-corrected chi connectivity index (χ0v) is 8.08. The minimum atomic E-state index is -1.15. The van der Waals surface area contributed by atoms with Gasteiger partial charge in [-0.3, -0.25) is 0 Å². The van der Waals surface area contributed by atoms with Crippen LogP contribution in [0.25, 0.3) is 0 Å². The Hall–Kier alpha value is -1.03. The first-order valence-corrected chi connectivity index (χ1v) is 4.80. The van der Waals surface area contributed by atoms with Gasteiger partial charge in [-0.25, -0.2) is 0 Å². The van der Waals surface area contributed by atoms with Gasteiger partial charge in [0.25, 0.3) is 0 Å². The van der Waals surface area contributed by atoms with Crippen molar-refractivity contribution < 1.29 is 20.0 Å². The minimum absolute atomic E-state index is 0.0430. The molecule has 0 heterocycles. The highest BCUT2D eigenvalue weighted by atomic mass is 17.1. The normalized spacial score (nSPS) is 20.1. The van der Waals surface area contributed by atoms with Crippen molar-refractivity contribution in [2.24, 2.45) is 5.41 Å². The van der Waals surface area contributed by atoms with E-state index in [0.29, 0.717) is 12.8 Å². The summed E-state index contributed by atoms with van der Waals surface area (Å²) >= 11 is 0. The topological polar surface area (TPSA) is 72.4 Å². The first-order chi connectivity index (χ1) is 6.60. The van der Waals surface area contributed by atoms with Crippen LogP contribution in [0.15, 0.2) is 12.3 Å². The van der Waals surface area contributed by atoms with Crippen molar-refractivity contribution in [3.8, 4) is 0 Å². The Morgan fingerprint density at radius 2 is 1.93 bits per heavy atom. The number of rotatable bonds is 4. The maximum Gasteiger partial charge on any atom is 0.0864 e. The van der Waals surface area contributed by atoms with Crippen molar-refractivity contribution in [3.05, 3.63) is 12.3 Å². The molecule has 4 heteroatoms. The SMILES string of the molecule is C=C(O[O-])C1(CC(=O)[O-])CCCCC1. The fourth-order valence-corrected chi connectivity index (χ4v) is 2.15. The van der Waals surface area contributed by atoms with Crippen LogP contribution in [-0.4, -0.2) is 5.97 Å². The third-order valence-electron chi connectivity index (χ3n) is 2.99. The van der Waals surface area contributed by atoms with E-state index in [4.69, 9.17) is 0 Å². The van der Waals surface area contributed by atoms with Crippen molar-refractivity contribution >= 4 is 5.97 Å². The molecule has 0 aliphatic heterocycles. The Labute approximate surface area is 83.1 Å². The summed E-state index contributed by atoms with van der Waals surface area (Å²) in [4.78, 5) is 14.4. The Morgan fingerprint density at radius 1 is 1.36 bits per heavy atom. The van der Waals surface area contributed by atoms with Crippen LogP contribution in [0, 0.1) is 5.41 Å². The summed E-state index contributed by atoms with van der Waals surface area (Å²) < 4.78 is 0. The summed E-state index contributed by atoms with van der Waals surface area (Å²) in [5.74, 6) is -1.11. The first-order valence-electron chi connectivity index (χ1n) is 4.80. The molecule has 0 unspecified atom stereocenters. The molecule has 4 nitrogen and oxygen atoms in total. The van der Waals surface area contributed by atoms with Gasteiger partial charge in [-0.2, -0.15) is 0 Å². The highest BCUT2D eigenvalue weighted by Gasteiger charge is 2.35. The Balaban J connectivity index is 2.76. The monoisotopic (exact) mass is 198 g/mol. The summed E-state index contributed by atoms with van der Waals surface area (Å²) in [6, 6.07) is 0. The van der Waals surface area contributed by atoms with Gasteiger partial charge in [-0.1, -0.05) is 25.8 Å². The number of carbonyl (C=O) groups excluding carboxylic acids is 1. The molecule has 1 aliphatic rings. The molecule has 0 radical (unpaired) electrons. The largest absolute Gasteiger partial charge is 0.664 e. The molecular weight excluding hydrogens is 184 g/mol. The summed E-state index contributed by atoms with van der Waals surface area (Å²) in [7, 11) is 0. The van der Waals surface area contributed by atoms with E-state index in [9.17, 15) is 15.2 Å². The van der Waals surface area contributed by atoms with Crippen LogP contribution in [0.5, 0.6) is 0 Å². The number of aliphatic carboxylic acids is 1. The quantitative estimate of drug-likeness (QED) is 0.358. The van der Waals surface area contributed by atoms with Gasteiger partial charge in [0.15, 0.2) is 0 Å². The lowest BCUT2D eigenvalue weighted by Crippen LogP contribution is -2.36. The second-order valence-electron chi connectivity index (χ2n) is 3.90. The Bertz CT molecular complexity index is 228. The third kappa shape index (κ3) is 2.26. The lowest BCUT2D eigenvalue weighted by Gasteiger charge is -2.39. The summed E-state index contributed by atoms with van der Waals surface area (Å²) in [6.45, 7) is 3.50. The molecule has 0 aromatic rings. The molecular formula is C10H14O4-2. The molecule has 0 aromatic heterocycles.